The van der Waals surface area contributed by atoms with Crippen LogP contribution in [0.15, 0.2) is 0 Å². The van der Waals surface area contributed by atoms with Crippen LogP contribution in [-0.4, -0.2) is 47.6 Å². The van der Waals surface area contributed by atoms with Crippen LogP contribution in [0.4, 0.5) is 0 Å². The Balaban J connectivity index is 2.25. The lowest BCUT2D eigenvalue weighted by molar-refractivity contribution is -0.138. The third kappa shape index (κ3) is 5.49. The molecule has 0 bridgehead atoms. The Morgan fingerprint density at radius 3 is 2.50 bits per heavy atom. The molecule has 0 atom stereocenters. The number of amides is 1. The molecule has 0 aromatic carbocycles. The second-order valence-electron chi connectivity index (χ2n) is 4.84. The Morgan fingerprint density at radius 2 is 1.94 bits per heavy atom. The highest BCUT2D eigenvalue weighted by Gasteiger charge is 2.20. The van der Waals surface area contributed by atoms with Gasteiger partial charge in [-0.2, -0.15) is 0 Å². The van der Waals surface area contributed by atoms with Gasteiger partial charge < -0.3 is 15.3 Å². The highest BCUT2D eigenvalue weighted by molar-refractivity contribution is 5.81. The standard InChI is InChI=1S/C13H24N2O3/c1-2-15(11-6-4-3-5-7-11)9-8-12(16)14-10-13(17)18/h11H,2-10H2,1H3,(H,14,16)(H,17,18). The zero-order valence-electron chi connectivity index (χ0n) is 11.2. The SMILES string of the molecule is CCN(CCC(=O)NCC(=O)O)C1CCCCC1. The van der Waals surface area contributed by atoms with Gasteiger partial charge in [-0.15, -0.1) is 0 Å². The molecule has 1 fully saturated rings. The van der Waals surface area contributed by atoms with Crippen LogP contribution >= 0.6 is 0 Å². The van der Waals surface area contributed by atoms with Crippen molar-refractivity contribution in [3.63, 3.8) is 0 Å². The molecule has 18 heavy (non-hydrogen) atoms. The predicted molar refractivity (Wildman–Crippen MR) is 69.4 cm³/mol. The molecular formula is C13H24N2O3. The van der Waals surface area contributed by atoms with Crippen molar-refractivity contribution in [2.75, 3.05) is 19.6 Å². The van der Waals surface area contributed by atoms with Crippen molar-refractivity contribution in [3.05, 3.63) is 0 Å². The highest BCUT2D eigenvalue weighted by Crippen LogP contribution is 2.22. The van der Waals surface area contributed by atoms with E-state index >= 15 is 0 Å². The van der Waals surface area contributed by atoms with E-state index in [1.807, 2.05) is 0 Å². The molecule has 0 spiro atoms. The Hall–Kier alpha value is -1.10. The van der Waals surface area contributed by atoms with E-state index in [0.29, 0.717) is 12.5 Å². The first-order valence-electron chi connectivity index (χ1n) is 6.86. The molecule has 104 valence electrons. The molecule has 0 aromatic rings. The van der Waals surface area contributed by atoms with Crippen LogP contribution in [-0.2, 0) is 9.59 Å². The molecule has 0 saturated heterocycles. The fourth-order valence-electron chi connectivity index (χ4n) is 2.55. The molecule has 5 nitrogen and oxygen atoms in total. The number of carboxylic acids is 1. The van der Waals surface area contributed by atoms with Crippen molar-refractivity contribution in [1.82, 2.24) is 10.2 Å². The Labute approximate surface area is 109 Å². The van der Waals surface area contributed by atoms with E-state index in [0.717, 1.165) is 13.1 Å². The lowest BCUT2D eigenvalue weighted by Crippen LogP contribution is -2.39. The number of carbonyl (C=O) groups excluding carboxylic acids is 1. The number of carbonyl (C=O) groups is 2. The van der Waals surface area contributed by atoms with Crippen molar-refractivity contribution in [3.8, 4) is 0 Å². The number of nitrogens with one attached hydrogen (secondary N) is 1. The maximum Gasteiger partial charge on any atom is 0.322 e. The van der Waals surface area contributed by atoms with Gasteiger partial charge in [0, 0.05) is 19.0 Å². The van der Waals surface area contributed by atoms with Gasteiger partial charge in [0.05, 0.1) is 0 Å². The third-order valence-electron chi connectivity index (χ3n) is 3.56. The molecular weight excluding hydrogens is 232 g/mol. The normalized spacial score (nSPS) is 16.8. The molecule has 0 aromatic heterocycles. The van der Waals surface area contributed by atoms with E-state index in [4.69, 9.17) is 5.11 Å². The quantitative estimate of drug-likeness (QED) is 0.719. The van der Waals surface area contributed by atoms with E-state index < -0.39 is 5.97 Å². The van der Waals surface area contributed by atoms with E-state index in [2.05, 4.69) is 17.1 Å². The number of hydrogen-bond acceptors (Lipinski definition) is 3. The maximum atomic E-state index is 11.4. The van der Waals surface area contributed by atoms with E-state index in [1.54, 1.807) is 0 Å². The predicted octanol–water partition coefficient (Wildman–Crippen LogP) is 1.23. The molecule has 1 aliphatic rings. The van der Waals surface area contributed by atoms with Crippen molar-refractivity contribution in [2.45, 2.75) is 51.5 Å². The highest BCUT2D eigenvalue weighted by atomic mass is 16.4. The molecule has 0 aliphatic heterocycles. The molecule has 5 heteroatoms. The molecule has 0 heterocycles. The Bertz CT molecular complexity index is 275. The van der Waals surface area contributed by atoms with Gasteiger partial charge in [0.1, 0.15) is 6.54 Å². The molecule has 0 unspecified atom stereocenters. The van der Waals surface area contributed by atoms with Crippen LogP contribution < -0.4 is 5.32 Å². The van der Waals surface area contributed by atoms with Crippen LogP contribution in [0, 0.1) is 0 Å². The average Bonchev–Trinajstić information content (AvgIpc) is 2.38. The van der Waals surface area contributed by atoms with Crippen molar-refractivity contribution in [2.24, 2.45) is 0 Å². The van der Waals surface area contributed by atoms with E-state index in [1.165, 1.54) is 32.1 Å². The van der Waals surface area contributed by atoms with Crippen molar-refractivity contribution >= 4 is 11.9 Å². The van der Waals surface area contributed by atoms with Crippen LogP contribution in [0.3, 0.4) is 0 Å². The summed E-state index contributed by atoms with van der Waals surface area (Å²) in [5, 5.41) is 10.9. The van der Waals surface area contributed by atoms with Gasteiger partial charge in [-0.3, -0.25) is 9.59 Å². The topological polar surface area (TPSA) is 69.6 Å². The zero-order valence-corrected chi connectivity index (χ0v) is 11.2. The summed E-state index contributed by atoms with van der Waals surface area (Å²) in [7, 11) is 0. The van der Waals surface area contributed by atoms with Gasteiger partial charge in [0.2, 0.25) is 5.91 Å². The summed E-state index contributed by atoms with van der Waals surface area (Å²) < 4.78 is 0. The summed E-state index contributed by atoms with van der Waals surface area (Å²) in [6.07, 6.45) is 6.73. The zero-order chi connectivity index (χ0) is 13.4. The first kappa shape index (κ1) is 15.0. The lowest BCUT2D eigenvalue weighted by atomic mass is 9.94. The fraction of sp³-hybridized carbons (Fsp3) is 0.846. The number of rotatable bonds is 7. The van der Waals surface area contributed by atoms with Crippen LogP contribution in [0.2, 0.25) is 0 Å². The molecule has 1 saturated carbocycles. The summed E-state index contributed by atoms with van der Waals surface area (Å²) in [5.41, 5.74) is 0. The van der Waals surface area contributed by atoms with Gasteiger partial charge in [-0.1, -0.05) is 26.2 Å². The molecule has 2 N–H and O–H groups in total. The second-order valence-corrected chi connectivity index (χ2v) is 4.84. The molecule has 0 radical (unpaired) electrons. The summed E-state index contributed by atoms with van der Waals surface area (Å²) in [6, 6.07) is 0.607. The number of nitrogens with zero attached hydrogens (tertiary/aromatic N) is 1. The van der Waals surface area contributed by atoms with Gasteiger partial charge in [0.25, 0.3) is 0 Å². The first-order chi connectivity index (χ1) is 8.63. The Morgan fingerprint density at radius 1 is 1.28 bits per heavy atom. The van der Waals surface area contributed by atoms with Gasteiger partial charge in [-0.25, -0.2) is 0 Å². The number of carboxylic acid groups (broad SMARTS) is 1. The summed E-state index contributed by atoms with van der Waals surface area (Å²) in [4.78, 5) is 24.1. The van der Waals surface area contributed by atoms with Gasteiger partial charge in [-0.05, 0) is 19.4 Å². The van der Waals surface area contributed by atoms with Crippen LogP contribution in [0.1, 0.15) is 45.4 Å². The second kappa shape index (κ2) is 8.08. The smallest absolute Gasteiger partial charge is 0.322 e. The molecule has 1 aliphatic carbocycles. The maximum absolute atomic E-state index is 11.4. The molecule has 1 amide bonds. The number of aliphatic carboxylic acids is 1. The lowest BCUT2D eigenvalue weighted by Gasteiger charge is -2.33. The molecule has 1 rings (SSSR count). The Kier molecular flexibility index (Phi) is 6.72. The van der Waals surface area contributed by atoms with Gasteiger partial charge in [0.15, 0.2) is 0 Å². The van der Waals surface area contributed by atoms with Gasteiger partial charge >= 0.3 is 5.97 Å². The minimum absolute atomic E-state index is 0.174. The minimum Gasteiger partial charge on any atom is -0.480 e. The average molecular weight is 256 g/mol. The summed E-state index contributed by atoms with van der Waals surface area (Å²) in [5.74, 6) is -1.17. The minimum atomic E-state index is -0.997. The first-order valence-corrected chi connectivity index (χ1v) is 6.86. The third-order valence-corrected chi connectivity index (χ3v) is 3.56. The van der Waals surface area contributed by atoms with Crippen molar-refractivity contribution < 1.29 is 14.7 Å². The fourth-order valence-corrected chi connectivity index (χ4v) is 2.55. The monoisotopic (exact) mass is 256 g/mol. The van der Waals surface area contributed by atoms with Crippen LogP contribution in [0.5, 0.6) is 0 Å². The van der Waals surface area contributed by atoms with Crippen molar-refractivity contribution in [1.29, 1.82) is 0 Å². The summed E-state index contributed by atoms with van der Waals surface area (Å²) in [6.45, 7) is 3.52. The summed E-state index contributed by atoms with van der Waals surface area (Å²) >= 11 is 0. The largest absolute Gasteiger partial charge is 0.480 e. The van der Waals surface area contributed by atoms with E-state index in [9.17, 15) is 9.59 Å². The number of hydrogen-bond donors (Lipinski definition) is 2. The van der Waals surface area contributed by atoms with Crippen LogP contribution in [0.25, 0.3) is 0 Å². The van der Waals surface area contributed by atoms with E-state index in [-0.39, 0.29) is 12.5 Å².